The minimum absolute atomic E-state index is 0. The van der Waals surface area contributed by atoms with Crippen molar-refractivity contribution < 1.29 is 36.0 Å². The molecule has 0 amide bonds. The van der Waals surface area contributed by atoms with Crippen LogP contribution in [0.1, 0.15) is 0 Å². The van der Waals surface area contributed by atoms with Gasteiger partial charge in [0.1, 0.15) is 0 Å². The van der Waals surface area contributed by atoms with Gasteiger partial charge in [0.05, 0.1) is 51.4 Å². The summed E-state index contributed by atoms with van der Waals surface area (Å²) in [6.07, 6.45) is 0. The molecule has 0 saturated heterocycles. The third-order valence-corrected chi connectivity index (χ3v) is 1.80. The summed E-state index contributed by atoms with van der Waals surface area (Å²) in [5, 5.41) is 0. The fraction of sp³-hybridized carbons (Fsp3) is 0.400. The molecule has 5 heteroatoms. The normalized spacial score (nSPS) is 8.80. The SMILES string of the molecule is COc1[c-]cc(OC)c(OC)c1OC.[Fe+3]. The van der Waals surface area contributed by atoms with Crippen LogP contribution in [0.15, 0.2) is 6.07 Å². The van der Waals surface area contributed by atoms with Gasteiger partial charge in [-0.2, -0.15) is 0 Å². The predicted octanol–water partition coefficient (Wildman–Crippen LogP) is 1.52. The zero-order valence-corrected chi connectivity index (χ0v) is 10.2. The molecule has 0 unspecified atom stereocenters. The predicted molar refractivity (Wildman–Crippen MR) is 51.5 cm³/mol. The van der Waals surface area contributed by atoms with Crippen molar-refractivity contribution >= 4 is 0 Å². The van der Waals surface area contributed by atoms with Crippen molar-refractivity contribution in [1.82, 2.24) is 0 Å². The Bertz CT molecular complexity index is 284. The molecule has 0 aliphatic heterocycles. The Morgan fingerprint density at radius 2 is 1.47 bits per heavy atom. The summed E-state index contributed by atoms with van der Waals surface area (Å²) in [5.74, 6) is 2.04. The van der Waals surface area contributed by atoms with E-state index in [-0.39, 0.29) is 17.1 Å². The summed E-state index contributed by atoms with van der Waals surface area (Å²) >= 11 is 0. The second-order valence-corrected chi connectivity index (χ2v) is 2.46. The first kappa shape index (κ1) is 13.9. The number of hydrogen-bond acceptors (Lipinski definition) is 4. The van der Waals surface area contributed by atoms with Crippen LogP contribution in [0.5, 0.6) is 23.0 Å². The van der Waals surface area contributed by atoms with Crippen molar-refractivity contribution in [3.8, 4) is 23.0 Å². The van der Waals surface area contributed by atoms with E-state index in [0.717, 1.165) is 0 Å². The van der Waals surface area contributed by atoms with Crippen LogP contribution >= 0.6 is 0 Å². The number of methoxy groups -OCH3 is 4. The molecule has 1 rings (SSSR count). The molecule has 1 aromatic carbocycles. The monoisotopic (exact) mass is 253 g/mol. The smallest absolute Gasteiger partial charge is 0.550 e. The Morgan fingerprint density at radius 3 is 1.87 bits per heavy atom. The maximum Gasteiger partial charge on any atom is 3.00 e. The molecule has 0 fully saturated rings. The first-order chi connectivity index (χ1) is 6.78. The zero-order chi connectivity index (χ0) is 10.6. The molecule has 0 bridgehead atoms. The number of benzene rings is 1. The maximum atomic E-state index is 5.15. The van der Waals surface area contributed by atoms with Crippen LogP contribution in [0.25, 0.3) is 0 Å². The molecule has 0 spiro atoms. The number of hydrogen-bond donors (Lipinski definition) is 0. The van der Waals surface area contributed by atoms with E-state index in [1.54, 1.807) is 27.4 Å². The minimum Gasteiger partial charge on any atom is -0.550 e. The largest absolute Gasteiger partial charge is 3.00 e. The van der Waals surface area contributed by atoms with Gasteiger partial charge < -0.3 is 18.9 Å². The third-order valence-electron chi connectivity index (χ3n) is 1.80. The van der Waals surface area contributed by atoms with E-state index in [9.17, 15) is 0 Å². The Hall–Kier alpha value is -1.06. The van der Waals surface area contributed by atoms with E-state index >= 15 is 0 Å². The first-order valence-corrected chi connectivity index (χ1v) is 4.03. The van der Waals surface area contributed by atoms with Crippen molar-refractivity contribution in [2.24, 2.45) is 0 Å². The molecule has 0 aliphatic carbocycles. The standard InChI is InChI=1S/C10H13O4.Fe/c1-11-7-5-6-8(12-2)10(14-4)9(7)13-3;/h5H,1-4H3;/q-1;+3. The average molecular weight is 253 g/mol. The van der Waals surface area contributed by atoms with Crippen molar-refractivity contribution in [3.05, 3.63) is 12.1 Å². The molecule has 1 aromatic rings. The fourth-order valence-corrected chi connectivity index (χ4v) is 1.16. The second-order valence-electron chi connectivity index (χ2n) is 2.46. The number of ether oxygens (including phenoxy) is 4. The minimum atomic E-state index is 0. The summed E-state index contributed by atoms with van der Waals surface area (Å²) in [4.78, 5) is 0. The van der Waals surface area contributed by atoms with Gasteiger partial charge >= 0.3 is 17.1 Å². The van der Waals surface area contributed by atoms with Crippen LogP contribution < -0.4 is 18.9 Å². The van der Waals surface area contributed by atoms with Gasteiger partial charge in [0.25, 0.3) is 0 Å². The van der Waals surface area contributed by atoms with E-state index in [1.807, 2.05) is 0 Å². The van der Waals surface area contributed by atoms with Crippen molar-refractivity contribution in [2.75, 3.05) is 28.4 Å². The Kier molecular flexibility index (Phi) is 5.97. The van der Waals surface area contributed by atoms with Gasteiger partial charge in [0.15, 0.2) is 0 Å². The molecule has 0 N–H and O–H groups in total. The Labute approximate surface area is 99.9 Å². The van der Waals surface area contributed by atoms with E-state index in [1.165, 1.54) is 7.11 Å². The summed E-state index contributed by atoms with van der Waals surface area (Å²) in [5.41, 5.74) is 0. The molecule has 0 heterocycles. The molecule has 0 aliphatic rings. The van der Waals surface area contributed by atoms with Crippen LogP contribution in [-0.2, 0) is 17.1 Å². The van der Waals surface area contributed by atoms with Crippen LogP contribution in [0, 0.1) is 6.07 Å². The Balaban J connectivity index is 0.00000196. The quantitative estimate of drug-likeness (QED) is 0.602. The van der Waals surface area contributed by atoms with E-state index < -0.39 is 0 Å². The summed E-state index contributed by atoms with van der Waals surface area (Å²) in [6, 6.07) is 4.52. The molecule has 0 saturated carbocycles. The van der Waals surface area contributed by atoms with Gasteiger partial charge in [0, 0.05) is 0 Å². The molecule has 83 valence electrons. The molecule has 0 atom stereocenters. The molecular formula is C10H13FeO4+2. The molecule has 1 radical (unpaired) electrons. The van der Waals surface area contributed by atoms with E-state index in [2.05, 4.69) is 6.07 Å². The third kappa shape index (κ3) is 2.70. The van der Waals surface area contributed by atoms with Gasteiger partial charge in [0.2, 0.25) is 0 Å². The van der Waals surface area contributed by atoms with Crippen LogP contribution in [0.4, 0.5) is 0 Å². The molecule has 4 nitrogen and oxygen atoms in total. The van der Waals surface area contributed by atoms with Crippen LogP contribution in [-0.4, -0.2) is 28.4 Å². The van der Waals surface area contributed by atoms with Crippen molar-refractivity contribution in [1.29, 1.82) is 0 Å². The van der Waals surface area contributed by atoms with Gasteiger partial charge in [-0.05, 0) is 0 Å². The molecule has 0 aromatic heterocycles. The van der Waals surface area contributed by atoms with E-state index in [4.69, 9.17) is 18.9 Å². The van der Waals surface area contributed by atoms with Crippen molar-refractivity contribution in [2.45, 2.75) is 0 Å². The average Bonchev–Trinajstić information content (AvgIpc) is 2.26. The maximum absolute atomic E-state index is 5.15. The van der Waals surface area contributed by atoms with Crippen LogP contribution in [0.3, 0.4) is 0 Å². The fourth-order valence-electron chi connectivity index (χ4n) is 1.16. The van der Waals surface area contributed by atoms with Gasteiger partial charge in [-0.3, -0.25) is 0 Å². The van der Waals surface area contributed by atoms with E-state index in [0.29, 0.717) is 23.0 Å². The zero-order valence-electron chi connectivity index (χ0n) is 9.06. The van der Waals surface area contributed by atoms with Crippen molar-refractivity contribution in [3.63, 3.8) is 0 Å². The summed E-state index contributed by atoms with van der Waals surface area (Å²) in [6.45, 7) is 0. The summed E-state index contributed by atoms with van der Waals surface area (Å²) in [7, 11) is 6.17. The summed E-state index contributed by atoms with van der Waals surface area (Å²) < 4.78 is 20.4. The Morgan fingerprint density at radius 1 is 0.867 bits per heavy atom. The molecular weight excluding hydrogens is 240 g/mol. The van der Waals surface area contributed by atoms with Crippen LogP contribution in [0.2, 0.25) is 0 Å². The van der Waals surface area contributed by atoms with Gasteiger partial charge in [-0.25, -0.2) is 0 Å². The van der Waals surface area contributed by atoms with Gasteiger partial charge in [-0.1, -0.05) is 0 Å². The topological polar surface area (TPSA) is 36.9 Å². The van der Waals surface area contributed by atoms with Gasteiger partial charge in [-0.15, -0.1) is 12.1 Å². The second kappa shape index (κ2) is 6.43. The molecule has 15 heavy (non-hydrogen) atoms. The number of rotatable bonds is 4. The first-order valence-electron chi connectivity index (χ1n) is 4.03.